The second-order valence-electron chi connectivity index (χ2n) is 5.60. The van der Waals surface area contributed by atoms with Crippen LogP contribution in [0.4, 0.5) is 0 Å². The molecule has 0 heterocycles. The van der Waals surface area contributed by atoms with Gasteiger partial charge in [-0.15, -0.1) is 11.8 Å². The van der Waals surface area contributed by atoms with Crippen molar-refractivity contribution >= 4 is 11.8 Å². The zero-order chi connectivity index (χ0) is 13.1. The molecule has 0 aromatic carbocycles. The lowest BCUT2D eigenvalue weighted by Gasteiger charge is -2.23. The highest BCUT2D eigenvalue weighted by Crippen LogP contribution is 2.19. The fourth-order valence-corrected chi connectivity index (χ4v) is 3.05. The van der Waals surface area contributed by atoms with Gasteiger partial charge in [0.1, 0.15) is 0 Å². The number of hydrogen-bond donors (Lipinski definition) is 0. The van der Waals surface area contributed by atoms with Crippen molar-refractivity contribution in [2.75, 3.05) is 25.2 Å². The molecule has 0 aliphatic heterocycles. The summed E-state index contributed by atoms with van der Waals surface area (Å²) >= 11 is 2.02. The van der Waals surface area contributed by atoms with Crippen molar-refractivity contribution < 1.29 is 0 Å². The summed E-state index contributed by atoms with van der Waals surface area (Å²) in [7, 11) is 2.25. The molecule has 0 N–H and O–H groups in total. The molecule has 0 amide bonds. The first-order valence-corrected chi connectivity index (χ1v) is 8.51. The molecule has 2 unspecified atom stereocenters. The lowest BCUT2D eigenvalue weighted by atomic mass is 9.92. The maximum atomic E-state index is 2.47. The van der Waals surface area contributed by atoms with Crippen molar-refractivity contribution in [2.45, 2.75) is 59.8 Å². The Bertz CT molecular complexity index is 161. The number of unbranched alkanes of at least 4 members (excludes halogenated alkanes) is 2. The number of thioether (sulfide) groups is 1. The maximum absolute atomic E-state index is 2.47. The largest absolute Gasteiger partial charge is 0.297 e. The van der Waals surface area contributed by atoms with Crippen LogP contribution in [-0.2, 0) is 0 Å². The highest BCUT2D eigenvalue weighted by Gasteiger charge is 2.10. The lowest BCUT2D eigenvalue weighted by Crippen LogP contribution is -2.25. The molecule has 0 saturated heterocycles. The van der Waals surface area contributed by atoms with Crippen molar-refractivity contribution in [1.29, 1.82) is 0 Å². The quantitative estimate of drug-likeness (QED) is 0.384. The summed E-state index contributed by atoms with van der Waals surface area (Å²) in [5, 5.41) is 0. The molecule has 0 aliphatic carbocycles. The van der Waals surface area contributed by atoms with Gasteiger partial charge in [0.25, 0.3) is 0 Å². The molecule has 17 heavy (non-hydrogen) atoms. The minimum absolute atomic E-state index is 0.842. The van der Waals surface area contributed by atoms with E-state index in [1.807, 2.05) is 11.8 Å². The van der Waals surface area contributed by atoms with E-state index in [0.29, 0.717) is 0 Å². The average molecular weight is 260 g/mol. The highest BCUT2D eigenvalue weighted by atomic mass is 32.2. The first kappa shape index (κ1) is 17.3. The van der Waals surface area contributed by atoms with E-state index in [2.05, 4.69) is 39.6 Å². The van der Waals surface area contributed by atoms with Gasteiger partial charge in [0.2, 0.25) is 0 Å². The van der Waals surface area contributed by atoms with Gasteiger partial charge in [0.15, 0.2) is 0 Å². The van der Waals surface area contributed by atoms with E-state index < -0.39 is 0 Å². The molecule has 0 fully saturated rings. The van der Waals surface area contributed by atoms with E-state index >= 15 is 0 Å². The van der Waals surface area contributed by atoms with Crippen LogP contribution in [-0.4, -0.2) is 30.1 Å². The Kier molecular flexibility index (Phi) is 11.6. The predicted molar refractivity (Wildman–Crippen MR) is 82.7 cm³/mol. The molecule has 0 aromatic heterocycles. The van der Waals surface area contributed by atoms with Crippen molar-refractivity contribution in [3.63, 3.8) is 0 Å². The number of nitrogens with zero attached hydrogens (tertiary/aromatic N) is 1. The third-order valence-corrected chi connectivity index (χ3v) is 4.28. The molecule has 0 bridgehead atoms. The fraction of sp³-hybridized carbons (Fsp3) is 1.00. The van der Waals surface area contributed by atoms with Gasteiger partial charge in [0, 0.05) is 12.4 Å². The molecule has 2 heteroatoms. The summed E-state index contributed by atoms with van der Waals surface area (Å²) in [6.07, 6.45) is 6.99. The molecule has 2 atom stereocenters. The topological polar surface area (TPSA) is 3.24 Å². The smallest absolute Gasteiger partial charge is 0.0441 e. The van der Waals surface area contributed by atoms with Gasteiger partial charge in [0.05, 0.1) is 0 Å². The normalized spacial score (nSPS) is 15.2. The van der Waals surface area contributed by atoms with Gasteiger partial charge in [-0.2, -0.15) is 0 Å². The van der Waals surface area contributed by atoms with E-state index in [0.717, 1.165) is 11.8 Å². The molecule has 0 spiro atoms. The molecule has 0 rings (SSSR count). The van der Waals surface area contributed by atoms with E-state index in [9.17, 15) is 0 Å². The summed E-state index contributed by atoms with van der Waals surface area (Å²) < 4.78 is 0. The molecule has 0 aromatic rings. The van der Waals surface area contributed by atoms with E-state index in [1.165, 1.54) is 50.3 Å². The third-order valence-electron chi connectivity index (χ3n) is 3.24. The zero-order valence-corrected chi connectivity index (χ0v) is 13.5. The summed E-state index contributed by atoms with van der Waals surface area (Å²) in [6.45, 7) is 10.6. The van der Waals surface area contributed by atoms with Crippen LogP contribution < -0.4 is 0 Å². The monoisotopic (exact) mass is 259 g/mol. The molecule has 104 valence electrons. The van der Waals surface area contributed by atoms with Crippen molar-refractivity contribution in [3.8, 4) is 0 Å². The third kappa shape index (κ3) is 11.1. The Morgan fingerprint density at radius 2 is 1.76 bits per heavy atom. The van der Waals surface area contributed by atoms with Crippen molar-refractivity contribution in [3.05, 3.63) is 0 Å². The Labute approximate surface area is 114 Å². The van der Waals surface area contributed by atoms with Crippen LogP contribution in [0.2, 0.25) is 0 Å². The Hall–Kier alpha value is 0.310. The number of hydrogen-bond acceptors (Lipinski definition) is 2. The van der Waals surface area contributed by atoms with E-state index in [4.69, 9.17) is 0 Å². The fourth-order valence-electron chi connectivity index (χ4n) is 2.45. The van der Waals surface area contributed by atoms with Gasteiger partial charge in [-0.1, -0.05) is 53.4 Å². The van der Waals surface area contributed by atoms with Crippen LogP contribution in [0.5, 0.6) is 0 Å². The average Bonchev–Trinajstić information content (AvgIpc) is 2.26. The maximum Gasteiger partial charge on any atom is 0.0441 e. The van der Waals surface area contributed by atoms with Crippen LogP contribution >= 0.6 is 11.8 Å². The minimum atomic E-state index is 0.842. The van der Waals surface area contributed by atoms with Crippen LogP contribution in [0.1, 0.15) is 59.8 Å². The van der Waals surface area contributed by atoms with Gasteiger partial charge >= 0.3 is 0 Å². The van der Waals surface area contributed by atoms with Crippen molar-refractivity contribution in [1.82, 2.24) is 4.90 Å². The molecular formula is C15H33NS. The summed E-state index contributed by atoms with van der Waals surface area (Å²) in [6, 6.07) is 0. The first-order chi connectivity index (χ1) is 8.10. The van der Waals surface area contributed by atoms with Crippen molar-refractivity contribution in [2.24, 2.45) is 11.8 Å². The zero-order valence-electron chi connectivity index (χ0n) is 12.7. The first-order valence-electron chi connectivity index (χ1n) is 7.36. The Morgan fingerprint density at radius 1 is 1.06 bits per heavy atom. The van der Waals surface area contributed by atoms with Gasteiger partial charge < -0.3 is 0 Å². The van der Waals surface area contributed by atoms with Gasteiger partial charge in [-0.25, -0.2) is 0 Å². The summed E-state index contributed by atoms with van der Waals surface area (Å²) in [4.78, 5) is 2.47. The van der Waals surface area contributed by atoms with E-state index in [-0.39, 0.29) is 0 Å². The summed E-state index contributed by atoms with van der Waals surface area (Å²) in [5.74, 6) is 4.16. The SMILES string of the molecule is CCCCCC(C)CC(C)CN(C)CSCC. The number of rotatable bonds is 11. The van der Waals surface area contributed by atoms with Crippen LogP contribution in [0.15, 0.2) is 0 Å². The highest BCUT2D eigenvalue weighted by molar-refractivity contribution is 7.99. The van der Waals surface area contributed by atoms with Crippen LogP contribution in [0, 0.1) is 11.8 Å². The second kappa shape index (κ2) is 11.4. The Balaban J connectivity index is 3.58. The standard InChI is InChI=1S/C15H33NS/c1-6-8-9-10-14(3)11-15(4)12-16(5)13-17-7-2/h14-15H,6-13H2,1-5H3. The molecule has 0 saturated carbocycles. The molecular weight excluding hydrogens is 226 g/mol. The molecule has 0 aliphatic rings. The van der Waals surface area contributed by atoms with Crippen LogP contribution in [0.25, 0.3) is 0 Å². The minimum Gasteiger partial charge on any atom is -0.297 e. The molecule has 1 nitrogen and oxygen atoms in total. The Morgan fingerprint density at radius 3 is 2.35 bits per heavy atom. The molecule has 0 radical (unpaired) electrons. The lowest BCUT2D eigenvalue weighted by molar-refractivity contribution is 0.284. The van der Waals surface area contributed by atoms with Gasteiger partial charge in [-0.3, -0.25) is 4.90 Å². The van der Waals surface area contributed by atoms with Gasteiger partial charge in [-0.05, 0) is 31.1 Å². The predicted octanol–water partition coefficient (Wildman–Crippen LogP) is 4.87. The second-order valence-corrected chi connectivity index (χ2v) is 6.85. The summed E-state index contributed by atoms with van der Waals surface area (Å²) in [5.41, 5.74) is 0. The van der Waals surface area contributed by atoms with Crippen LogP contribution in [0.3, 0.4) is 0 Å². The van der Waals surface area contributed by atoms with E-state index in [1.54, 1.807) is 0 Å².